The van der Waals surface area contributed by atoms with Crippen molar-refractivity contribution in [3.63, 3.8) is 0 Å². The number of nitrogens with zero attached hydrogens (tertiary/aromatic N) is 2. The first-order valence-electron chi connectivity index (χ1n) is 10.8. The van der Waals surface area contributed by atoms with Gasteiger partial charge in [0.2, 0.25) is 0 Å². The molecule has 0 spiro atoms. The molecule has 0 bridgehead atoms. The van der Waals surface area contributed by atoms with Crippen molar-refractivity contribution in [1.82, 2.24) is 10.2 Å². The summed E-state index contributed by atoms with van der Waals surface area (Å²) in [5, 5.41) is 3.65. The zero-order valence-electron chi connectivity index (χ0n) is 17.8. The molecule has 0 aliphatic carbocycles. The van der Waals surface area contributed by atoms with E-state index in [9.17, 15) is 9.59 Å². The molecule has 3 aromatic rings. The van der Waals surface area contributed by atoms with Gasteiger partial charge in [-0.15, -0.1) is 0 Å². The van der Waals surface area contributed by atoms with Gasteiger partial charge >= 0.3 is 6.03 Å². The molecule has 0 saturated carbocycles. The number of amides is 3. The summed E-state index contributed by atoms with van der Waals surface area (Å²) in [6.07, 6.45) is 1.64. The van der Waals surface area contributed by atoms with Gasteiger partial charge in [-0.05, 0) is 60.4 Å². The molecule has 1 aliphatic heterocycles. The van der Waals surface area contributed by atoms with Crippen LogP contribution in [0.1, 0.15) is 27.9 Å². The summed E-state index contributed by atoms with van der Waals surface area (Å²) in [5.74, 6) is -0.124. The van der Waals surface area contributed by atoms with E-state index in [4.69, 9.17) is 11.6 Å². The first-order chi connectivity index (χ1) is 15.6. The number of urea groups is 1. The van der Waals surface area contributed by atoms with E-state index in [0.717, 1.165) is 36.2 Å². The topological polar surface area (TPSA) is 52.7 Å². The number of halogens is 1. The van der Waals surface area contributed by atoms with Crippen LogP contribution in [-0.2, 0) is 13.0 Å². The Kier molecular flexibility index (Phi) is 7.07. The van der Waals surface area contributed by atoms with Crippen molar-refractivity contribution in [2.24, 2.45) is 0 Å². The van der Waals surface area contributed by atoms with Gasteiger partial charge in [0.25, 0.3) is 5.91 Å². The molecule has 32 heavy (non-hydrogen) atoms. The SMILES string of the molecule is O=C(NCCc1ccc(Cl)cc1)c1ccc(N2CCCN(Cc3ccccc3)C2=O)cc1. The maximum atomic E-state index is 13.0. The van der Waals surface area contributed by atoms with Crippen LogP contribution in [0.5, 0.6) is 0 Å². The Bertz CT molecular complexity index is 1050. The van der Waals surface area contributed by atoms with Gasteiger partial charge in [-0.25, -0.2) is 4.79 Å². The minimum absolute atomic E-state index is 0.000249. The third kappa shape index (κ3) is 5.48. The average molecular weight is 448 g/mol. The largest absolute Gasteiger partial charge is 0.352 e. The van der Waals surface area contributed by atoms with E-state index in [0.29, 0.717) is 30.2 Å². The molecule has 1 saturated heterocycles. The van der Waals surface area contributed by atoms with Crippen molar-refractivity contribution < 1.29 is 9.59 Å². The number of hydrogen-bond donors (Lipinski definition) is 1. The van der Waals surface area contributed by atoms with E-state index >= 15 is 0 Å². The fourth-order valence-corrected chi connectivity index (χ4v) is 3.96. The maximum Gasteiger partial charge on any atom is 0.324 e. The molecule has 0 unspecified atom stereocenters. The number of hydrogen-bond acceptors (Lipinski definition) is 2. The fourth-order valence-electron chi connectivity index (χ4n) is 3.84. The third-order valence-corrected chi connectivity index (χ3v) is 5.83. The quantitative estimate of drug-likeness (QED) is 0.545. The molecule has 0 radical (unpaired) electrons. The van der Waals surface area contributed by atoms with E-state index < -0.39 is 0 Å². The van der Waals surface area contributed by atoms with Crippen LogP contribution >= 0.6 is 11.6 Å². The van der Waals surface area contributed by atoms with Crippen LogP contribution in [0.4, 0.5) is 10.5 Å². The minimum Gasteiger partial charge on any atom is -0.352 e. The van der Waals surface area contributed by atoms with Gasteiger partial charge in [-0.3, -0.25) is 9.69 Å². The molecule has 5 nitrogen and oxygen atoms in total. The number of carbonyl (C=O) groups excluding carboxylic acids is 2. The molecule has 1 heterocycles. The Hall–Kier alpha value is -3.31. The van der Waals surface area contributed by atoms with Gasteiger partial charge in [0.05, 0.1) is 0 Å². The number of nitrogens with one attached hydrogen (secondary N) is 1. The van der Waals surface area contributed by atoms with Crippen LogP contribution in [0, 0.1) is 0 Å². The molecule has 1 fully saturated rings. The van der Waals surface area contributed by atoms with Crippen LogP contribution in [0.2, 0.25) is 5.02 Å². The highest BCUT2D eigenvalue weighted by Gasteiger charge is 2.26. The van der Waals surface area contributed by atoms with Crippen molar-refractivity contribution in [1.29, 1.82) is 0 Å². The van der Waals surface area contributed by atoms with Gasteiger partial charge in [0.15, 0.2) is 0 Å². The predicted octanol–water partition coefficient (Wildman–Crippen LogP) is 5.14. The second kappa shape index (κ2) is 10.3. The summed E-state index contributed by atoms with van der Waals surface area (Å²) in [5.41, 5.74) is 3.63. The molecule has 0 aromatic heterocycles. The van der Waals surface area contributed by atoms with Crippen LogP contribution < -0.4 is 10.2 Å². The molecule has 1 N–H and O–H groups in total. The Morgan fingerprint density at radius 3 is 2.31 bits per heavy atom. The van der Waals surface area contributed by atoms with Crippen LogP contribution in [0.3, 0.4) is 0 Å². The maximum absolute atomic E-state index is 13.0. The second-order valence-electron chi connectivity index (χ2n) is 7.87. The summed E-state index contributed by atoms with van der Waals surface area (Å²) >= 11 is 5.90. The summed E-state index contributed by atoms with van der Waals surface area (Å²) < 4.78 is 0. The molecular weight excluding hydrogens is 422 g/mol. The predicted molar refractivity (Wildman–Crippen MR) is 128 cm³/mol. The second-order valence-corrected chi connectivity index (χ2v) is 8.31. The molecule has 6 heteroatoms. The van der Waals surface area contributed by atoms with Gasteiger partial charge < -0.3 is 10.2 Å². The van der Waals surface area contributed by atoms with E-state index in [1.807, 2.05) is 71.6 Å². The van der Waals surface area contributed by atoms with E-state index in [-0.39, 0.29) is 11.9 Å². The summed E-state index contributed by atoms with van der Waals surface area (Å²) in [4.78, 5) is 29.1. The standard InChI is InChI=1S/C26H26ClN3O2/c27-23-11-7-20(8-12-23)15-16-28-25(31)22-9-13-24(14-10-22)30-18-4-17-29(26(30)32)19-21-5-2-1-3-6-21/h1-3,5-14H,4,15-19H2,(H,28,31). The lowest BCUT2D eigenvalue weighted by atomic mass is 10.1. The van der Waals surface area contributed by atoms with Gasteiger partial charge in [-0.1, -0.05) is 54.1 Å². The zero-order chi connectivity index (χ0) is 22.3. The van der Waals surface area contributed by atoms with Crippen LogP contribution in [0.25, 0.3) is 0 Å². The van der Waals surface area contributed by atoms with Crippen molar-refractivity contribution in [3.05, 3.63) is 101 Å². The van der Waals surface area contributed by atoms with Crippen molar-refractivity contribution >= 4 is 29.2 Å². The molecule has 4 rings (SSSR count). The smallest absolute Gasteiger partial charge is 0.324 e. The van der Waals surface area contributed by atoms with E-state index in [1.165, 1.54) is 0 Å². The average Bonchev–Trinajstić information content (AvgIpc) is 2.82. The number of anilines is 1. The van der Waals surface area contributed by atoms with Gasteiger partial charge in [-0.2, -0.15) is 0 Å². The molecular formula is C26H26ClN3O2. The van der Waals surface area contributed by atoms with Crippen molar-refractivity contribution in [2.45, 2.75) is 19.4 Å². The number of carbonyl (C=O) groups is 2. The molecule has 164 valence electrons. The first-order valence-corrected chi connectivity index (χ1v) is 11.2. The zero-order valence-corrected chi connectivity index (χ0v) is 18.6. The lowest BCUT2D eigenvalue weighted by Crippen LogP contribution is -2.49. The van der Waals surface area contributed by atoms with Gasteiger partial charge in [0.1, 0.15) is 0 Å². The number of benzene rings is 3. The lowest BCUT2D eigenvalue weighted by Gasteiger charge is -2.35. The summed E-state index contributed by atoms with van der Waals surface area (Å²) in [6.45, 7) is 2.57. The number of rotatable bonds is 7. The van der Waals surface area contributed by atoms with Crippen LogP contribution in [0.15, 0.2) is 78.9 Å². The monoisotopic (exact) mass is 447 g/mol. The van der Waals surface area contributed by atoms with Gasteiger partial charge in [0, 0.05) is 42.5 Å². The van der Waals surface area contributed by atoms with Crippen LogP contribution in [-0.4, -0.2) is 36.5 Å². The van der Waals surface area contributed by atoms with Crippen molar-refractivity contribution in [2.75, 3.05) is 24.5 Å². The third-order valence-electron chi connectivity index (χ3n) is 5.58. The fraction of sp³-hybridized carbons (Fsp3) is 0.231. The molecule has 3 aromatic carbocycles. The molecule has 3 amide bonds. The minimum atomic E-state index is -0.124. The highest BCUT2D eigenvalue weighted by atomic mass is 35.5. The van der Waals surface area contributed by atoms with E-state index in [2.05, 4.69) is 5.32 Å². The molecule has 1 aliphatic rings. The summed E-state index contributed by atoms with van der Waals surface area (Å²) in [6, 6.07) is 24.9. The Morgan fingerprint density at radius 2 is 1.59 bits per heavy atom. The molecule has 0 atom stereocenters. The summed E-state index contributed by atoms with van der Waals surface area (Å²) in [7, 11) is 0. The lowest BCUT2D eigenvalue weighted by molar-refractivity contribution is 0.0954. The highest BCUT2D eigenvalue weighted by molar-refractivity contribution is 6.30. The first kappa shape index (κ1) is 21.9. The Balaban J connectivity index is 1.33. The Labute approximate surface area is 193 Å². The van der Waals surface area contributed by atoms with Crippen molar-refractivity contribution in [3.8, 4) is 0 Å². The normalized spacial score (nSPS) is 13.8. The van der Waals surface area contributed by atoms with E-state index in [1.54, 1.807) is 17.0 Å². The highest BCUT2D eigenvalue weighted by Crippen LogP contribution is 2.22. The Morgan fingerprint density at radius 1 is 0.875 bits per heavy atom.